The van der Waals surface area contributed by atoms with Gasteiger partial charge < -0.3 is 21.3 Å². The molecular weight excluding hydrogens is 540 g/mol. The lowest BCUT2D eigenvalue weighted by atomic mass is 9.99. The molecule has 1 fully saturated rings. The number of carbonyl (C=O) groups is 5. The molecule has 1 aliphatic heterocycles. The zero-order valence-electron chi connectivity index (χ0n) is 23.0. The van der Waals surface area contributed by atoms with Gasteiger partial charge in [-0.2, -0.15) is 11.8 Å². The first kappa shape index (κ1) is 32.6. The van der Waals surface area contributed by atoms with E-state index in [1.54, 1.807) is 45.0 Å². The van der Waals surface area contributed by atoms with Crippen molar-refractivity contribution in [3.05, 3.63) is 34.9 Å². The molecule has 0 saturated carbocycles. The van der Waals surface area contributed by atoms with Crippen molar-refractivity contribution in [2.75, 3.05) is 18.8 Å². The van der Waals surface area contributed by atoms with Crippen molar-refractivity contribution in [2.45, 2.75) is 83.1 Å². The maximum Gasteiger partial charge on any atom is 0.289 e. The molecule has 1 aromatic carbocycles. The number of nitrogens with one attached hydrogen (secondary N) is 4. The number of amides is 4. The van der Waals surface area contributed by atoms with Gasteiger partial charge in [0.1, 0.15) is 12.1 Å². The van der Waals surface area contributed by atoms with E-state index in [1.807, 2.05) is 11.8 Å². The molecule has 1 saturated heterocycles. The molecule has 2 rings (SSSR count). The van der Waals surface area contributed by atoms with Crippen LogP contribution in [0.2, 0.25) is 5.02 Å². The summed E-state index contributed by atoms with van der Waals surface area (Å²) in [5, 5.41) is 11.6. The van der Waals surface area contributed by atoms with Crippen LogP contribution in [0.15, 0.2) is 24.3 Å². The largest absolute Gasteiger partial charge is 0.350 e. The summed E-state index contributed by atoms with van der Waals surface area (Å²) in [7, 11) is 0. The smallest absolute Gasteiger partial charge is 0.289 e. The van der Waals surface area contributed by atoms with Crippen molar-refractivity contribution < 1.29 is 24.0 Å². The minimum Gasteiger partial charge on any atom is -0.350 e. The molecule has 1 unspecified atom stereocenters. The third-order valence-corrected chi connectivity index (χ3v) is 8.18. The zero-order chi connectivity index (χ0) is 28.8. The summed E-state index contributed by atoms with van der Waals surface area (Å²) < 4.78 is 0. The molecule has 39 heavy (non-hydrogen) atoms. The maximum absolute atomic E-state index is 13.2. The van der Waals surface area contributed by atoms with Crippen LogP contribution in [0, 0.1) is 5.92 Å². The molecule has 9 nitrogen and oxygen atoms in total. The summed E-state index contributed by atoms with van der Waals surface area (Å²) in [6, 6.07) is 4.65. The van der Waals surface area contributed by atoms with Crippen LogP contribution in [-0.2, 0) is 30.4 Å². The van der Waals surface area contributed by atoms with E-state index in [9.17, 15) is 24.0 Å². The van der Waals surface area contributed by atoms with Crippen LogP contribution in [-0.4, -0.2) is 65.6 Å². The minimum absolute atomic E-state index is 0.0765. The highest BCUT2D eigenvalue weighted by Gasteiger charge is 2.31. The van der Waals surface area contributed by atoms with Crippen LogP contribution in [0.1, 0.15) is 64.9 Å². The highest BCUT2D eigenvalue weighted by molar-refractivity contribution is 8.00. The Kier molecular flexibility index (Phi) is 14.4. The van der Waals surface area contributed by atoms with E-state index in [-0.39, 0.29) is 31.3 Å². The number of unbranched alkanes of at least 4 members (excludes halogenated alkanes) is 1. The Morgan fingerprint density at radius 3 is 2.33 bits per heavy atom. The van der Waals surface area contributed by atoms with Crippen molar-refractivity contribution in [1.29, 1.82) is 0 Å². The molecule has 0 bridgehead atoms. The Morgan fingerprint density at radius 1 is 1.00 bits per heavy atom. The lowest BCUT2D eigenvalue weighted by Gasteiger charge is -2.25. The number of halogens is 1. The van der Waals surface area contributed by atoms with E-state index in [0.29, 0.717) is 22.3 Å². The van der Waals surface area contributed by atoms with Gasteiger partial charge in [0.15, 0.2) is 0 Å². The molecular formula is C28H41ClN4O5S. The van der Waals surface area contributed by atoms with E-state index >= 15 is 0 Å². The maximum atomic E-state index is 13.2. The predicted octanol–water partition coefficient (Wildman–Crippen LogP) is 2.79. The Bertz CT molecular complexity index is 983. The number of rotatable bonds is 16. The standard InChI is InChI=1S/C28H41ClN4O5S/c1-4-30-28(38)26(36)22(16-19-11-13-20(29)14-12-19)32-27(37)25(18(2)3)33-24(35)17-31-23(34)10-6-5-8-21-9-7-15-39-21/h11-14,18,21-22,25H,4-10,15-17H2,1-3H3,(H,30,38)(H,31,34)(H,32,37)(H,33,35)/t21?,22-,25-/m0/s1. The fraction of sp³-hybridized carbons (Fsp3) is 0.607. The van der Waals surface area contributed by atoms with Crippen molar-refractivity contribution in [3.8, 4) is 0 Å². The normalized spacial score (nSPS) is 16.3. The van der Waals surface area contributed by atoms with Crippen LogP contribution in [0.5, 0.6) is 0 Å². The number of likely N-dealkylation sites (N-methyl/N-ethyl adjacent to an activating group) is 1. The first-order valence-corrected chi connectivity index (χ1v) is 15.1. The number of Topliss-reactive ketones (excluding diaryl/α,β-unsaturated/α-hetero) is 1. The summed E-state index contributed by atoms with van der Waals surface area (Å²) in [6.45, 7) is 5.22. The highest BCUT2D eigenvalue weighted by Crippen LogP contribution is 2.30. The summed E-state index contributed by atoms with van der Waals surface area (Å²) in [6.07, 6.45) is 5.83. The number of thioether (sulfide) groups is 1. The number of hydrogen-bond donors (Lipinski definition) is 4. The summed E-state index contributed by atoms with van der Waals surface area (Å²) >= 11 is 7.95. The number of ketones is 1. The van der Waals surface area contributed by atoms with E-state index in [2.05, 4.69) is 21.3 Å². The topological polar surface area (TPSA) is 133 Å². The van der Waals surface area contributed by atoms with Crippen LogP contribution in [0.25, 0.3) is 0 Å². The molecule has 1 aliphatic rings. The lowest BCUT2D eigenvalue weighted by Crippen LogP contribution is -2.57. The molecule has 216 valence electrons. The van der Waals surface area contributed by atoms with Gasteiger partial charge in [0.2, 0.25) is 23.5 Å². The van der Waals surface area contributed by atoms with Crippen molar-refractivity contribution >= 4 is 52.8 Å². The third kappa shape index (κ3) is 12.0. The SMILES string of the molecule is CCNC(=O)C(=O)[C@H](Cc1ccc(Cl)cc1)NC(=O)[C@@H](NC(=O)CNC(=O)CCCCC1CCCS1)C(C)C. The number of hydrogen-bond acceptors (Lipinski definition) is 6. The molecule has 1 aromatic rings. The van der Waals surface area contributed by atoms with Crippen molar-refractivity contribution in [1.82, 2.24) is 21.3 Å². The van der Waals surface area contributed by atoms with Crippen LogP contribution in [0.4, 0.5) is 0 Å². The fourth-order valence-electron chi connectivity index (χ4n) is 4.29. The second kappa shape index (κ2) is 17.2. The molecule has 0 aliphatic carbocycles. The van der Waals surface area contributed by atoms with Gasteiger partial charge in [-0.15, -0.1) is 0 Å². The van der Waals surface area contributed by atoms with Gasteiger partial charge in [-0.25, -0.2) is 0 Å². The van der Waals surface area contributed by atoms with E-state index in [1.165, 1.54) is 18.6 Å². The second-order valence-corrected chi connectivity index (χ2v) is 11.9. The van der Waals surface area contributed by atoms with Gasteiger partial charge in [0.25, 0.3) is 5.91 Å². The van der Waals surface area contributed by atoms with E-state index in [0.717, 1.165) is 19.3 Å². The highest BCUT2D eigenvalue weighted by atomic mass is 35.5. The van der Waals surface area contributed by atoms with E-state index in [4.69, 9.17) is 11.6 Å². The first-order chi connectivity index (χ1) is 18.6. The van der Waals surface area contributed by atoms with Gasteiger partial charge in [-0.3, -0.25) is 24.0 Å². The van der Waals surface area contributed by atoms with E-state index < -0.39 is 35.6 Å². The molecule has 3 atom stereocenters. The van der Waals surface area contributed by atoms with Gasteiger partial charge in [-0.1, -0.05) is 44.0 Å². The molecule has 11 heteroatoms. The minimum atomic E-state index is -1.13. The predicted molar refractivity (Wildman–Crippen MR) is 155 cm³/mol. The molecule has 4 N–H and O–H groups in total. The quantitative estimate of drug-likeness (QED) is 0.175. The average molecular weight is 581 g/mol. The molecule has 1 heterocycles. The van der Waals surface area contributed by atoms with Gasteiger partial charge in [0.05, 0.1) is 6.54 Å². The van der Waals surface area contributed by atoms with Crippen LogP contribution >= 0.6 is 23.4 Å². The molecule has 0 radical (unpaired) electrons. The van der Waals surface area contributed by atoms with Crippen LogP contribution in [0.3, 0.4) is 0 Å². The Hall–Kier alpha value is -2.59. The number of carbonyl (C=O) groups excluding carboxylic acids is 5. The van der Waals surface area contributed by atoms with Crippen molar-refractivity contribution in [3.63, 3.8) is 0 Å². The van der Waals surface area contributed by atoms with Crippen LogP contribution < -0.4 is 21.3 Å². The van der Waals surface area contributed by atoms with Crippen molar-refractivity contribution in [2.24, 2.45) is 5.92 Å². The average Bonchev–Trinajstić information content (AvgIpc) is 3.42. The lowest BCUT2D eigenvalue weighted by molar-refractivity contribution is -0.140. The summed E-state index contributed by atoms with van der Waals surface area (Å²) in [5.74, 6) is -1.98. The molecule has 0 spiro atoms. The second-order valence-electron chi connectivity index (χ2n) is 10.1. The molecule has 0 aromatic heterocycles. The summed E-state index contributed by atoms with van der Waals surface area (Å²) in [5.41, 5.74) is 0.706. The van der Waals surface area contributed by atoms with Gasteiger partial charge in [-0.05, 0) is 62.0 Å². The fourth-order valence-corrected chi connectivity index (χ4v) is 5.75. The zero-order valence-corrected chi connectivity index (χ0v) is 24.6. The Balaban J connectivity index is 1.90. The third-order valence-electron chi connectivity index (χ3n) is 6.46. The molecule has 4 amide bonds. The van der Waals surface area contributed by atoms with Gasteiger partial charge in [0, 0.05) is 29.7 Å². The first-order valence-electron chi connectivity index (χ1n) is 13.6. The van der Waals surface area contributed by atoms with Gasteiger partial charge >= 0.3 is 0 Å². The Morgan fingerprint density at radius 2 is 1.72 bits per heavy atom. The number of benzene rings is 1. The monoisotopic (exact) mass is 580 g/mol. The Labute approximate surface area is 240 Å². The summed E-state index contributed by atoms with van der Waals surface area (Å²) in [4.78, 5) is 63.0.